The van der Waals surface area contributed by atoms with Crippen LogP contribution in [0.5, 0.6) is 5.75 Å². The van der Waals surface area contributed by atoms with Gasteiger partial charge in [0.25, 0.3) is 5.56 Å². The quantitative estimate of drug-likeness (QED) is 0.446. The van der Waals surface area contributed by atoms with Crippen molar-refractivity contribution >= 4 is 28.9 Å². The number of hydrogen-bond acceptors (Lipinski definition) is 7. The number of carboxylic acids is 1. The number of ether oxygens (including phenoxy) is 1. The van der Waals surface area contributed by atoms with Crippen LogP contribution in [0.25, 0.3) is 11.2 Å². The Morgan fingerprint density at radius 2 is 2.04 bits per heavy atom. The van der Waals surface area contributed by atoms with Crippen LogP contribution in [0.1, 0.15) is 0 Å². The molecule has 0 fully saturated rings. The van der Waals surface area contributed by atoms with Crippen LogP contribution in [0.4, 0.5) is 0 Å². The topological polar surface area (TPSA) is 139 Å². The molecule has 1 aromatic carbocycles. The molecule has 2 aromatic heterocycles. The van der Waals surface area contributed by atoms with Crippen molar-refractivity contribution in [1.82, 2.24) is 19.1 Å². The van der Waals surface area contributed by atoms with Crippen LogP contribution in [0.2, 0.25) is 0 Å². The Morgan fingerprint density at radius 3 is 2.71 bits per heavy atom. The lowest BCUT2D eigenvalue weighted by Gasteiger charge is -2.15. The van der Waals surface area contributed by atoms with Gasteiger partial charge < -0.3 is 19.5 Å². The average Bonchev–Trinajstić information content (AvgIpc) is 3.02. The Bertz CT molecular complexity index is 1100. The third kappa shape index (κ3) is 4.26. The van der Waals surface area contributed by atoms with Crippen molar-refractivity contribution in [3.8, 4) is 5.75 Å². The van der Waals surface area contributed by atoms with E-state index in [0.717, 1.165) is 16.3 Å². The predicted octanol–water partition coefficient (Wildman–Crippen LogP) is 0.0399. The van der Waals surface area contributed by atoms with Gasteiger partial charge in [-0.2, -0.15) is 0 Å². The normalized spacial score (nSPS) is 12.2. The first-order chi connectivity index (χ1) is 13.4. The zero-order chi connectivity index (χ0) is 20.3. The van der Waals surface area contributed by atoms with E-state index >= 15 is 0 Å². The van der Waals surface area contributed by atoms with Gasteiger partial charge in [-0.1, -0.05) is 30.0 Å². The zero-order valence-corrected chi connectivity index (χ0v) is 15.7. The molecule has 0 saturated heterocycles. The highest BCUT2D eigenvalue weighted by atomic mass is 32.2. The Kier molecular flexibility index (Phi) is 5.85. The maximum Gasteiger partial charge on any atom is 0.329 e. The molecule has 1 atom stereocenters. The Balaban J connectivity index is 1.91. The summed E-state index contributed by atoms with van der Waals surface area (Å²) >= 11 is 0.893. The monoisotopic (exact) mass is 406 g/mol. The molecule has 0 amide bonds. The van der Waals surface area contributed by atoms with Crippen LogP contribution in [0.3, 0.4) is 0 Å². The number of nitrogens with zero attached hydrogens (tertiary/aromatic N) is 3. The molecular formula is C17H18N4O6S. The minimum atomic E-state index is -1.06. The summed E-state index contributed by atoms with van der Waals surface area (Å²) in [5.74, 6) is -0.761. The first kappa shape index (κ1) is 19.7. The second kappa shape index (κ2) is 8.31. The predicted molar refractivity (Wildman–Crippen MR) is 102 cm³/mol. The van der Waals surface area contributed by atoms with E-state index in [0.29, 0.717) is 5.75 Å². The Hall–Kier alpha value is -3.05. The summed E-state index contributed by atoms with van der Waals surface area (Å²) in [4.78, 5) is 41.5. The zero-order valence-electron chi connectivity index (χ0n) is 14.9. The highest BCUT2D eigenvalue weighted by Crippen LogP contribution is 2.22. The van der Waals surface area contributed by atoms with Crippen molar-refractivity contribution in [3.05, 3.63) is 51.2 Å². The summed E-state index contributed by atoms with van der Waals surface area (Å²) in [6, 6.07) is 8.92. The highest BCUT2D eigenvalue weighted by Gasteiger charge is 2.20. The molecule has 0 aliphatic heterocycles. The summed E-state index contributed by atoms with van der Waals surface area (Å²) < 4.78 is 8.07. The van der Waals surface area contributed by atoms with Crippen molar-refractivity contribution in [2.75, 3.05) is 12.4 Å². The first-order valence-electron chi connectivity index (χ1n) is 8.27. The average molecular weight is 406 g/mol. The van der Waals surface area contributed by atoms with E-state index in [-0.39, 0.29) is 35.2 Å². The van der Waals surface area contributed by atoms with Crippen molar-refractivity contribution in [3.63, 3.8) is 0 Å². The fourth-order valence-corrected chi connectivity index (χ4v) is 3.32. The van der Waals surface area contributed by atoms with Crippen molar-refractivity contribution in [2.24, 2.45) is 7.05 Å². The SMILES string of the molecule is Cn1c(=O)[nH]c(=O)c2c1nc(SCC(=O)O)n2C[C@@H](O)COc1ccccc1. The number of carboxylic acid groups (broad SMARTS) is 1. The fourth-order valence-electron chi connectivity index (χ4n) is 2.59. The van der Waals surface area contributed by atoms with Gasteiger partial charge in [0, 0.05) is 7.05 Å². The second-order valence-electron chi connectivity index (χ2n) is 5.96. The summed E-state index contributed by atoms with van der Waals surface area (Å²) in [6.07, 6.45) is -1.00. The number of hydrogen-bond donors (Lipinski definition) is 3. The maximum absolute atomic E-state index is 12.3. The van der Waals surface area contributed by atoms with E-state index in [1.54, 1.807) is 24.3 Å². The minimum absolute atomic E-state index is 0.0452. The van der Waals surface area contributed by atoms with Gasteiger partial charge in [-0.05, 0) is 12.1 Å². The third-order valence-corrected chi connectivity index (χ3v) is 4.84. The highest BCUT2D eigenvalue weighted by molar-refractivity contribution is 7.99. The van der Waals surface area contributed by atoms with Crippen LogP contribution in [-0.2, 0) is 18.4 Å². The van der Waals surface area contributed by atoms with Gasteiger partial charge in [0.15, 0.2) is 16.3 Å². The molecule has 2 heterocycles. The molecule has 0 aliphatic carbocycles. The van der Waals surface area contributed by atoms with E-state index in [1.807, 2.05) is 6.07 Å². The Morgan fingerprint density at radius 1 is 1.32 bits per heavy atom. The van der Waals surface area contributed by atoms with Gasteiger partial charge in [-0.15, -0.1) is 0 Å². The van der Waals surface area contributed by atoms with E-state index in [9.17, 15) is 19.5 Å². The molecule has 0 bridgehead atoms. The molecular weight excluding hydrogens is 388 g/mol. The minimum Gasteiger partial charge on any atom is -0.491 e. The molecule has 0 radical (unpaired) electrons. The molecule has 0 saturated carbocycles. The number of benzene rings is 1. The lowest BCUT2D eigenvalue weighted by Crippen LogP contribution is -2.30. The molecule has 3 N–H and O–H groups in total. The number of H-pyrrole nitrogens is 1. The fraction of sp³-hybridized carbons (Fsp3) is 0.294. The molecule has 11 heteroatoms. The summed E-state index contributed by atoms with van der Waals surface area (Å²) in [5.41, 5.74) is -1.11. The number of fused-ring (bicyclic) bond motifs is 1. The number of para-hydroxylation sites is 1. The molecule has 148 valence electrons. The number of imidazole rings is 1. The van der Waals surface area contributed by atoms with Crippen molar-refractivity contribution in [2.45, 2.75) is 17.8 Å². The number of thioether (sulfide) groups is 1. The smallest absolute Gasteiger partial charge is 0.329 e. The standard InChI is InChI=1S/C17H18N4O6S/c1-20-14-13(15(25)19-16(20)26)21(17(18-14)28-9-12(23)24)7-10(22)8-27-11-5-3-2-4-6-11/h2-6,10,22H,7-9H2,1H3,(H,23,24)(H,19,25,26)/t10-/m1/s1. The third-order valence-electron chi connectivity index (χ3n) is 3.88. The van der Waals surface area contributed by atoms with Crippen molar-refractivity contribution in [1.29, 1.82) is 0 Å². The van der Waals surface area contributed by atoms with Gasteiger partial charge in [-0.25, -0.2) is 9.78 Å². The molecule has 28 heavy (non-hydrogen) atoms. The number of aliphatic carboxylic acids is 1. The van der Waals surface area contributed by atoms with E-state index in [1.165, 1.54) is 11.6 Å². The lowest BCUT2D eigenvalue weighted by atomic mass is 10.3. The Labute approximate surface area is 162 Å². The van der Waals surface area contributed by atoms with E-state index in [4.69, 9.17) is 9.84 Å². The van der Waals surface area contributed by atoms with Crippen LogP contribution < -0.4 is 16.0 Å². The second-order valence-corrected chi connectivity index (χ2v) is 6.90. The number of aryl methyl sites for hydroxylation is 1. The summed E-state index contributed by atoms with van der Waals surface area (Å²) in [5, 5.41) is 19.5. The number of aliphatic hydroxyl groups excluding tert-OH is 1. The number of nitrogens with one attached hydrogen (secondary N) is 1. The molecule has 0 spiro atoms. The molecule has 3 aromatic rings. The van der Waals surface area contributed by atoms with Gasteiger partial charge in [0.2, 0.25) is 0 Å². The van der Waals surface area contributed by atoms with Gasteiger partial charge >= 0.3 is 11.7 Å². The van der Waals surface area contributed by atoms with Crippen LogP contribution >= 0.6 is 11.8 Å². The number of aromatic nitrogens is 4. The van der Waals surface area contributed by atoms with Gasteiger partial charge in [-0.3, -0.25) is 19.1 Å². The number of carbonyl (C=O) groups is 1. The van der Waals surface area contributed by atoms with Crippen LogP contribution in [0.15, 0.2) is 45.1 Å². The molecule has 3 rings (SSSR count). The van der Waals surface area contributed by atoms with E-state index < -0.39 is 23.3 Å². The van der Waals surface area contributed by atoms with Crippen LogP contribution in [0, 0.1) is 0 Å². The molecule has 0 unspecified atom stereocenters. The molecule has 0 aliphatic rings. The van der Waals surface area contributed by atoms with Gasteiger partial charge in [0.05, 0.1) is 12.3 Å². The summed E-state index contributed by atoms with van der Waals surface area (Å²) in [6.45, 7) is -0.108. The number of aromatic amines is 1. The maximum atomic E-state index is 12.3. The van der Waals surface area contributed by atoms with Crippen molar-refractivity contribution < 1.29 is 19.7 Å². The summed E-state index contributed by atoms with van der Waals surface area (Å²) in [7, 11) is 1.44. The number of rotatable bonds is 8. The van der Waals surface area contributed by atoms with E-state index in [2.05, 4.69) is 9.97 Å². The number of aliphatic hydroxyl groups is 1. The largest absolute Gasteiger partial charge is 0.491 e. The lowest BCUT2D eigenvalue weighted by molar-refractivity contribution is -0.133. The first-order valence-corrected chi connectivity index (χ1v) is 9.25. The van der Waals surface area contributed by atoms with Crippen LogP contribution in [-0.4, -0.2) is 53.7 Å². The molecule has 10 nitrogen and oxygen atoms in total. The van der Waals surface area contributed by atoms with Gasteiger partial charge in [0.1, 0.15) is 18.5 Å².